The molecule has 2 aromatic heterocycles. The monoisotopic (exact) mass is 491 g/mol. The van der Waals surface area contributed by atoms with Gasteiger partial charge in [0.05, 0.1) is 5.92 Å². The summed E-state index contributed by atoms with van der Waals surface area (Å²) in [7, 11) is 0. The Balaban J connectivity index is 1.11. The number of halogens is 3. The number of likely N-dealkylation sites (tertiary alicyclic amines) is 1. The van der Waals surface area contributed by atoms with Crippen LogP contribution < -0.4 is 4.90 Å². The van der Waals surface area contributed by atoms with Crippen molar-refractivity contribution in [3.63, 3.8) is 0 Å². The number of nitrogens with zero attached hydrogens (tertiary/aromatic N) is 5. The van der Waals surface area contributed by atoms with E-state index in [2.05, 4.69) is 9.97 Å². The molecule has 0 radical (unpaired) electrons. The van der Waals surface area contributed by atoms with E-state index in [-0.39, 0.29) is 29.2 Å². The van der Waals surface area contributed by atoms with Gasteiger partial charge in [-0.15, -0.1) is 0 Å². The first-order valence-electron chi connectivity index (χ1n) is 10.6. The van der Waals surface area contributed by atoms with Gasteiger partial charge in [0.25, 0.3) is 6.01 Å². The number of urea groups is 1. The van der Waals surface area contributed by atoms with Crippen molar-refractivity contribution >= 4 is 52.3 Å². The first-order chi connectivity index (χ1) is 15.9. The molecule has 3 aromatic rings. The molecule has 1 aromatic carbocycles. The quantitative estimate of drug-likeness (QED) is 0.518. The van der Waals surface area contributed by atoms with Crippen LogP contribution in [0.4, 0.5) is 15.2 Å². The number of hydrogen-bond donors (Lipinski definition) is 0. The minimum Gasteiger partial charge on any atom is -0.422 e. The smallest absolute Gasteiger partial charge is 0.320 e. The molecule has 0 unspecified atom stereocenters. The number of anilines is 1. The van der Waals surface area contributed by atoms with Crippen LogP contribution in [0.3, 0.4) is 0 Å². The Morgan fingerprint density at radius 2 is 1.79 bits per heavy atom. The van der Waals surface area contributed by atoms with E-state index >= 15 is 0 Å². The summed E-state index contributed by atoms with van der Waals surface area (Å²) in [6.45, 7) is 2.96. The van der Waals surface area contributed by atoms with Crippen LogP contribution in [0.25, 0.3) is 11.2 Å². The normalized spacial score (nSPS) is 16.9. The number of amides is 2. The summed E-state index contributed by atoms with van der Waals surface area (Å²) in [5.74, 6) is -0.661. The van der Waals surface area contributed by atoms with Crippen molar-refractivity contribution in [3.8, 4) is 0 Å². The summed E-state index contributed by atoms with van der Waals surface area (Å²) < 4.78 is 18.9. The molecule has 11 heteroatoms. The first kappa shape index (κ1) is 21.9. The van der Waals surface area contributed by atoms with Crippen molar-refractivity contribution in [2.45, 2.75) is 6.42 Å². The molecule has 0 spiro atoms. The average Bonchev–Trinajstić information content (AvgIpc) is 3.18. The van der Waals surface area contributed by atoms with Gasteiger partial charge < -0.3 is 19.1 Å². The number of aromatic nitrogens is 2. The van der Waals surface area contributed by atoms with Crippen molar-refractivity contribution in [3.05, 3.63) is 51.9 Å². The number of carbonyl (C=O) groups is 2. The average molecular weight is 492 g/mol. The lowest BCUT2D eigenvalue weighted by molar-refractivity contribution is -0.126. The molecular weight excluding hydrogens is 472 g/mol. The van der Waals surface area contributed by atoms with Gasteiger partial charge in [-0.05, 0) is 29.8 Å². The molecule has 8 nitrogen and oxygen atoms in total. The maximum Gasteiger partial charge on any atom is 0.320 e. The highest BCUT2D eigenvalue weighted by molar-refractivity contribution is 6.31. The standard InChI is InChI=1S/C22H20Cl2FN5O3/c23-16-10-15(25)2-1-13(16)9-17(31)14-11-30(12-14)22(32)29-7-5-28(6-8-29)21-27-20-18(33-21)3-4-19(24)26-20/h1-4,10,14H,5-9,11-12H2. The number of benzene rings is 1. The van der Waals surface area contributed by atoms with Gasteiger partial charge >= 0.3 is 6.03 Å². The Morgan fingerprint density at radius 1 is 1.03 bits per heavy atom. The van der Waals surface area contributed by atoms with Gasteiger partial charge in [0.1, 0.15) is 16.8 Å². The second kappa shape index (κ2) is 8.79. The minimum atomic E-state index is -0.436. The van der Waals surface area contributed by atoms with E-state index in [9.17, 15) is 14.0 Å². The van der Waals surface area contributed by atoms with Gasteiger partial charge in [-0.1, -0.05) is 29.3 Å². The zero-order chi connectivity index (χ0) is 23.1. The van der Waals surface area contributed by atoms with E-state index in [1.54, 1.807) is 21.9 Å². The second-order valence-electron chi connectivity index (χ2n) is 8.19. The highest BCUT2D eigenvalue weighted by Gasteiger charge is 2.38. The Hall–Kier alpha value is -2.91. The van der Waals surface area contributed by atoms with Gasteiger partial charge in [-0.2, -0.15) is 4.98 Å². The highest BCUT2D eigenvalue weighted by Crippen LogP contribution is 2.26. The van der Waals surface area contributed by atoms with Gasteiger partial charge in [0.15, 0.2) is 5.58 Å². The maximum atomic E-state index is 13.2. The molecule has 2 aliphatic heterocycles. The van der Waals surface area contributed by atoms with Crippen molar-refractivity contribution in [2.75, 3.05) is 44.2 Å². The van der Waals surface area contributed by atoms with Gasteiger partial charge in [-0.3, -0.25) is 4.79 Å². The SMILES string of the molecule is O=C(Cc1ccc(F)cc1Cl)C1CN(C(=O)N2CCN(c3nc4nc(Cl)ccc4o3)CC2)C1. The van der Waals surface area contributed by atoms with Crippen LogP contribution in [0.2, 0.25) is 10.2 Å². The number of pyridine rings is 1. The van der Waals surface area contributed by atoms with E-state index in [1.165, 1.54) is 18.2 Å². The fourth-order valence-electron chi connectivity index (χ4n) is 4.04. The molecule has 2 fully saturated rings. The Morgan fingerprint density at radius 3 is 2.52 bits per heavy atom. The molecule has 2 amide bonds. The van der Waals surface area contributed by atoms with E-state index < -0.39 is 5.82 Å². The third-order valence-electron chi connectivity index (χ3n) is 6.02. The van der Waals surface area contributed by atoms with Crippen molar-refractivity contribution in [2.24, 2.45) is 5.92 Å². The fraction of sp³-hybridized carbons (Fsp3) is 0.364. The molecule has 172 valence electrons. The van der Waals surface area contributed by atoms with Crippen molar-refractivity contribution in [1.82, 2.24) is 19.8 Å². The third kappa shape index (κ3) is 4.47. The highest BCUT2D eigenvalue weighted by atomic mass is 35.5. The summed E-state index contributed by atoms with van der Waals surface area (Å²) in [6.07, 6.45) is 0.134. The van der Waals surface area contributed by atoms with E-state index in [4.69, 9.17) is 27.6 Å². The number of Topliss-reactive ketones (excluding diaryl/α,β-unsaturated/α-hetero) is 1. The first-order valence-corrected chi connectivity index (χ1v) is 11.3. The number of piperazine rings is 1. The number of ketones is 1. The summed E-state index contributed by atoms with van der Waals surface area (Å²) >= 11 is 11.9. The van der Waals surface area contributed by atoms with Crippen LogP contribution in [-0.2, 0) is 11.2 Å². The van der Waals surface area contributed by atoms with Gasteiger partial charge in [0, 0.05) is 50.7 Å². The molecule has 0 N–H and O–H groups in total. The number of fused-ring (bicyclic) bond motifs is 1. The Kier molecular flexibility index (Phi) is 5.84. The van der Waals surface area contributed by atoms with E-state index in [1.807, 2.05) is 4.90 Å². The molecule has 0 atom stereocenters. The Labute approximate surface area is 198 Å². The lowest BCUT2D eigenvalue weighted by Gasteiger charge is -2.43. The molecule has 5 rings (SSSR count). The predicted molar refractivity (Wildman–Crippen MR) is 121 cm³/mol. The Bertz CT molecular complexity index is 1220. The number of hydrogen-bond acceptors (Lipinski definition) is 6. The largest absolute Gasteiger partial charge is 0.422 e. The maximum absolute atomic E-state index is 13.2. The topological polar surface area (TPSA) is 82.8 Å². The molecule has 0 saturated carbocycles. The van der Waals surface area contributed by atoms with E-state index in [0.29, 0.717) is 67.2 Å². The molecule has 2 aliphatic rings. The third-order valence-corrected chi connectivity index (χ3v) is 6.58. The summed E-state index contributed by atoms with van der Waals surface area (Å²) in [4.78, 5) is 39.3. The number of oxazole rings is 1. The molecular formula is C22H20Cl2FN5O3. The predicted octanol–water partition coefficient (Wildman–Crippen LogP) is 3.65. The van der Waals surface area contributed by atoms with Crippen molar-refractivity contribution in [1.29, 1.82) is 0 Å². The summed E-state index contributed by atoms with van der Waals surface area (Å²) in [5, 5.41) is 0.594. The van der Waals surface area contributed by atoms with Gasteiger partial charge in [0.2, 0.25) is 5.65 Å². The lowest BCUT2D eigenvalue weighted by atomic mass is 9.91. The molecule has 0 aliphatic carbocycles. The summed E-state index contributed by atoms with van der Waals surface area (Å²) in [6, 6.07) is 7.77. The molecule has 4 heterocycles. The number of carbonyl (C=O) groups excluding carboxylic acids is 2. The van der Waals surface area contributed by atoms with E-state index in [0.717, 1.165) is 0 Å². The zero-order valence-corrected chi connectivity index (χ0v) is 19.0. The molecule has 0 bridgehead atoms. The molecule has 2 saturated heterocycles. The van der Waals surface area contributed by atoms with Crippen LogP contribution in [-0.4, -0.2) is 70.9 Å². The van der Waals surface area contributed by atoms with Crippen LogP contribution in [0, 0.1) is 11.7 Å². The summed E-state index contributed by atoms with van der Waals surface area (Å²) in [5.41, 5.74) is 1.61. The van der Waals surface area contributed by atoms with Crippen LogP contribution in [0.5, 0.6) is 0 Å². The van der Waals surface area contributed by atoms with Gasteiger partial charge in [-0.25, -0.2) is 14.2 Å². The minimum absolute atomic E-state index is 0.00190. The molecule has 33 heavy (non-hydrogen) atoms. The van der Waals surface area contributed by atoms with Crippen LogP contribution >= 0.6 is 23.2 Å². The van der Waals surface area contributed by atoms with Crippen LogP contribution in [0.15, 0.2) is 34.7 Å². The van der Waals surface area contributed by atoms with Crippen molar-refractivity contribution < 1.29 is 18.4 Å². The van der Waals surface area contributed by atoms with Crippen LogP contribution in [0.1, 0.15) is 5.56 Å². The number of rotatable bonds is 4. The fourth-order valence-corrected chi connectivity index (χ4v) is 4.42. The second-order valence-corrected chi connectivity index (χ2v) is 8.98. The lowest BCUT2D eigenvalue weighted by Crippen LogP contribution is -2.60. The zero-order valence-electron chi connectivity index (χ0n) is 17.5.